The van der Waals surface area contributed by atoms with Crippen LogP contribution in [0.5, 0.6) is 0 Å². The summed E-state index contributed by atoms with van der Waals surface area (Å²) >= 11 is 0. The number of nitrogens with one attached hydrogen (secondary N) is 2. The maximum atomic E-state index is 13.5. The van der Waals surface area contributed by atoms with Crippen molar-refractivity contribution in [2.75, 3.05) is 5.32 Å². The topological polar surface area (TPSA) is 83.0 Å². The third-order valence-electron chi connectivity index (χ3n) is 5.85. The van der Waals surface area contributed by atoms with E-state index in [1.807, 2.05) is 48.5 Å². The van der Waals surface area contributed by atoms with E-state index < -0.39 is 11.6 Å². The third kappa shape index (κ3) is 4.46. The Kier molecular flexibility index (Phi) is 6.42. The summed E-state index contributed by atoms with van der Waals surface area (Å²) in [6.07, 6.45) is 5.33. The third-order valence-corrected chi connectivity index (χ3v) is 5.85. The molecule has 0 radical (unpaired) electrons. The number of aliphatic hydroxyl groups is 1. The highest BCUT2D eigenvalue weighted by Crippen LogP contribution is 2.39. The number of benzene rings is 2. The number of ether oxygens (including phenoxy) is 1. The van der Waals surface area contributed by atoms with Gasteiger partial charge < -0.3 is 15.2 Å². The molecular formula is C26H29N3O3. The van der Waals surface area contributed by atoms with Gasteiger partial charge in [0.1, 0.15) is 5.57 Å². The maximum absolute atomic E-state index is 13.5. The van der Waals surface area contributed by atoms with Gasteiger partial charge in [-0.1, -0.05) is 74.4 Å². The van der Waals surface area contributed by atoms with Gasteiger partial charge in [0.15, 0.2) is 0 Å². The van der Waals surface area contributed by atoms with Gasteiger partial charge in [-0.15, -0.1) is 0 Å². The van der Waals surface area contributed by atoms with Crippen LogP contribution in [0, 0.1) is 0 Å². The normalized spacial score (nSPS) is 21.5. The lowest BCUT2D eigenvalue weighted by molar-refractivity contribution is -0.116. The molecule has 0 aromatic heterocycles. The molecule has 1 aliphatic heterocycles. The van der Waals surface area contributed by atoms with E-state index in [1.165, 1.54) is 6.42 Å². The number of nitrogens with zero attached hydrogens (tertiary/aromatic N) is 1. The first-order valence-corrected chi connectivity index (χ1v) is 11.1. The highest BCUT2D eigenvalue weighted by Gasteiger charge is 2.49. The zero-order chi connectivity index (χ0) is 22.6. The maximum Gasteiger partial charge on any atom is 0.263 e. The summed E-state index contributed by atoms with van der Waals surface area (Å²) < 4.78 is 6.43. The van der Waals surface area contributed by atoms with E-state index >= 15 is 0 Å². The minimum absolute atomic E-state index is 0.0307. The molecule has 0 spiro atoms. The monoisotopic (exact) mass is 431 g/mol. The zero-order valence-corrected chi connectivity index (χ0v) is 18.3. The van der Waals surface area contributed by atoms with Crippen LogP contribution in [0.4, 0.5) is 5.69 Å². The van der Waals surface area contributed by atoms with Gasteiger partial charge >= 0.3 is 0 Å². The number of carbonyl (C=O) groups excluding carboxylic acids is 1. The van der Waals surface area contributed by atoms with E-state index in [2.05, 4.69) is 22.2 Å². The molecule has 2 aliphatic rings. The van der Waals surface area contributed by atoms with Gasteiger partial charge in [0.05, 0.1) is 0 Å². The van der Waals surface area contributed by atoms with Crippen LogP contribution in [0.3, 0.4) is 0 Å². The fourth-order valence-electron chi connectivity index (χ4n) is 4.28. The van der Waals surface area contributed by atoms with E-state index in [9.17, 15) is 9.90 Å². The molecule has 32 heavy (non-hydrogen) atoms. The molecule has 3 N–H and O–H groups in total. The molecule has 6 heteroatoms. The smallest absolute Gasteiger partial charge is 0.263 e. The van der Waals surface area contributed by atoms with Crippen LogP contribution in [-0.2, 0) is 15.3 Å². The fraction of sp³-hybridized carbons (Fsp3) is 0.308. The van der Waals surface area contributed by atoms with Crippen LogP contribution in [0.15, 0.2) is 89.3 Å². The first kappa shape index (κ1) is 21.8. The van der Waals surface area contributed by atoms with Crippen LogP contribution in [0.1, 0.15) is 44.6 Å². The molecule has 4 rings (SSSR count). The molecule has 1 unspecified atom stereocenters. The zero-order valence-electron chi connectivity index (χ0n) is 18.3. The second-order valence-corrected chi connectivity index (χ2v) is 8.34. The van der Waals surface area contributed by atoms with E-state index in [0.29, 0.717) is 16.8 Å². The average molecular weight is 432 g/mol. The van der Waals surface area contributed by atoms with Crippen LogP contribution >= 0.6 is 0 Å². The quantitative estimate of drug-likeness (QED) is 0.589. The molecule has 6 nitrogen and oxygen atoms in total. The highest BCUT2D eigenvalue weighted by atomic mass is 16.5. The molecule has 1 fully saturated rings. The summed E-state index contributed by atoms with van der Waals surface area (Å²) in [7, 11) is 0. The second-order valence-electron chi connectivity index (χ2n) is 8.34. The SMILES string of the molecule is C=C(C)C1=NC(O)=C(C(=O)Nc2ccccc2)C(NC2CCCCC2)(c2ccccc2)O1. The van der Waals surface area contributed by atoms with Gasteiger partial charge in [0.2, 0.25) is 17.5 Å². The Hall–Kier alpha value is -3.38. The van der Waals surface area contributed by atoms with Gasteiger partial charge in [-0.3, -0.25) is 10.1 Å². The Bertz CT molecular complexity index is 1040. The predicted octanol–water partition coefficient (Wildman–Crippen LogP) is 5.17. The lowest BCUT2D eigenvalue weighted by Gasteiger charge is -2.42. The van der Waals surface area contributed by atoms with Gasteiger partial charge in [-0.05, 0) is 31.9 Å². The minimum atomic E-state index is -1.40. The molecule has 1 heterocycles. The first-order valence-electron chi connectivity index (χ1n) is 11.1. The van der Waals surface area contributed by atoms with Crippen molar-refractivity contribution < 1.29 is 14.6 Å². The van der Waals surface area contributed by atoms with Crippen LogP contribution < -0.4 is 10.6 Å². The van der Waals surface area contributed by atoms with Crippen molar-refractivity contribution in [1.29, 1.82) is 0 Å². The highest BCUT2D eigenvalue weighted by molar-refractivity contribution is 6.07. The second kappa shape index (κ2) is 9.40. The lowest BCUT2D eigenvalue weighted by Crippen LogP contribution is -2.56. The molecule has 2 aromatic rings. The Labute approximate surface area is 188 Å². The summed E-state index contributed by atoms with van der Waals surface area (Å²) in [5, 5.41) is 17.5. The summed E-state index contributed by atoms with van der Waals surface area (Å²) in [5.41, 5.74) is 0.520. The van der Waals surface area contributed by atoms with Gasteiger partial charge in [-0.25, -0.2) is 0 Å². The van der Waals surface area contributed by atoms with Gasteiger partial charge in [0, 0.05) is 22.9 Å². The van der Waals surface area contributed by atoms with Crippen molar-refractivity contribution in [3.8, 4) is 0 Å². The van der Waals surface area contributed by atoms with E-state index in [1.54, 1.807) is 19.1 Å². The Morgan fingerprint density at radius 1 is 1.06 bits per heavy atom. The molecule has 0 bridgehead atoms. The van der Waals surface area contributed by atoms with Crippen LogP contribution in [0.25, 0.3) is 0 Å². The Morgan fingerprint density at radius 3 is 2.31 bits per heavy atom. The number of anilines is 1. The standard InChI is InChI=1S/C26H29N3O3/c1-18(2)25-28-24(31)22(23(30)27-20-14-8-4-9-15-20)26(32-25,19-12-6-3-7-13-19)29-21-16-10-5-11-17-21/h3-4,6-9,12-15,21,29,31H,1,5,10-11,16-17H2,2H3,(H,27,30). The van der Waals surface area contributed by atoms with Crippen molar-refractivity contribution in [2.24, 2.45) is 4.99 Å². The molecular weight excluding hydrogens is 402 g/mol. The Balaban J connectivity index is 1.84. The molecule has 166 valence electrons. The molecule has 0 saturated heterocycles. The number of hydrogen-bond acceptors (Lipinski definition) is 5. The number of aliphatic hydroxyl groups excluding tert-OH is 1. The minimum Gasteiger partial charge on any atom is -0.493 e. The van der Waals surface area contributed by atoms with Gasteiger partial charge in [-0.2, -0.15) is 4.99 Å². The predicted molar refractivity (Wildman–Crippen MR) is 126 cm³/mol. The molecule has 2 aromatic carbocycles. The molecule has 1 aliphatic carbocycles. The van der Waals surface area contributed by atoms with E-state index in [4.69, 9.17) is 4.74 Å². The first-order chi connectivity index (χ1) is 15.5. The number of hydrogen-bond donors (Lipinski definition) is 3. The van der Waals surface area contributed by atoms with Crippen molar-refractivity contribution in [3.05, 3.63) is 89.8 Å². The number of rotatable bonds is 6. The van der Waals surface area contributed by atoms with Crippen molar-refractivity contribution >= 4 is 17.5 Å². The lowest BCUT2D eigenvalue weighted by atomic mass is 9.88. The van der Waals surface area contributed by atoms with E-state index in [0.717, 1.165) is 25.7 Å². The van der Waals surface area contributed by atoms with Crippen LogP contribution in [0.2, 0.25) is 0 Å². The average Bonchev–Trinajstić information content (AvgIpc) is 2.80. The van der Waals surface area contributed by atoms with E-state index in [-0.39, 0.29) is 23.4 Å². The van der Waals surface area contributed by atoms with Crippen molar-refractivity contribution in [3.63, 3.8) is 0 Å². The summed E-state index contributed by atoms with van der Waals surface area (Å²) in [6.45, 7) is 5.70. The number of carbonyl (C=O) groups is 1. The largest absolute Gasteiger partial charge is 0.493 e. The van der Waals surface area contributed by atoms with Crippen molar-refractivity contribution in [1.82, 2.24) is 5.32 Å². The summed E-state index contributed by atoms with van der Waals surface area (Å²) in [5.74, 6) is -0.661. The Morgan fingerprint density at radius 2 is 1.69 bits per heavy atom. The summed E-state index contributed by atoms with van der Waals surface area (Å²) in [4.78, 5) is 17.7. The molecule has 1 atom stereocenters. The number of para-hydroxylation sites is 1. The van der Waals surface area contributed by atoms with Gasteiger partial charge in [0.25, 0.3) is 5.91 Å². The number of amides is 1. The summed E-state index contributed by atoms with van der Waals surface area (Å²) in [6, 6.07) is 18.7. The fourth-order valence-corrected chi connectivity index (χ4v) is 4.28. The van der Waals surface area contributed by atoms with Crippen molar-refractivity contribution in [2.45, 2.75) is 50.8 Å². The van der Waals surface area contributed by atoms with Crippen LogP contribution in [-0.4, -0.2) is 23.0 Å². The molecule has 1 amide bonds. The molecule has 1 saturated carbocycles. The number of aliphatic imine (C=N–C) groups is 1.